The highest BCUT2D eigenvalue weighted by Crippen LogP contribution is 2.30. The van der Waals surface area contributed by atoms with Crippen molar-refractivity contribution in [3.8, 4) is 5.75 Å². The predicted molar refractivity (Wildman–Crippen MR) is 91.5 cm³/mol. The fourth-order valence-corrected chi connectivity index (χ4v) is 2.83. The number of anilines is 1. The minimum atomic E-state index is -0.145. The highest BCUT2D eigenvalue weighted by atomic mass is 16.3. The van der Waals surface area contributed by atoms with Crippen LogP contribution in [-0.4, -0.2) is 5.11 Å². The second-order valence-corrected chi connectivity index (χ2v) is 5.53. The number of phenols is 1. The van der Waals surface area contributed by atoms with Crippen molar-refractivity contribution in [1.82, 2.24) is 0 Å². The topological polar surface area (TPSA) is 35.8 Å². The third-order valence-corrected chi connectivity index (χ3v) is 3.99. The first-order valence-corrected chi connectivity index (χ1v) is 7.58. The number of nitrogens with zero attached hydrogens (tertiary/aromatic N) is 2. The quantitative estimate of drug-likeness (QED) is 0.790. The van der Waals surface area contributed by atoms with E-state index in [1.165, 1.54) is 0 Å². The van der Waals surface area contributed by atoms with Crippen LogP contribution >= 0.6 is 0 Å². The molecular formula is C20H16N2O. The summed E-state index contributed by atoms with van der Waals surface area (Å²) < 4.78 is 0. The van der Waals surface area contributed by atoms with Crippen LogP contribution in [-0.2, 0) is 0 Å². The number of rotatable bonds is 2. The zero-order valence-electron chi connectivity index (χ0n) is 12.5. The lowest BCUT2D eigenvalue weighted by atomic mass is 10.1. The van der Waals surface area contributed by atoms with Gasteiger partial charge in [-0.15, -0.1) is 0 Å². The van der Waals surface area contributed by atoms with Gasteiger partial charge in [0.25, 0.3) is 0 Å². The van der Waals surface area contributed by atoms with Crippen LogP contribution < -0.4 is 15.5 Å². The van der Waals surface area contributed by atoms with Gasteiger partial charge in [-0.25, -0.2) is 0 Å². The number of para-hydroxylation sites is 2. The first-order chi connectivity index (χ1) is 11.3. The zero-order valence-corrected chi connectivity index (χ0v) is 12.5. The molecule has 0 bridgehead atoms. The predicted octanol–water partition coefficient (Wildman–Crippen LogP) is 2.97. The van der Waals surface area contributed by atoms with Crippen LogP contribution in [0.15, 0.2) is 83.9 Å². The molecule has 0 saturated heterocycles. The smallest absolute Gasteiger partial charge is 0.151 e. The molecule has 23 heavy (non-hydrogen) atoms. The highest BCUT2D eigenvalue weighted by molar-refractivity contribution is 5.61. The molecule has 0 aliphatic carbocycles. The molecule has 1 unspecified atom stereocenters. The van der Waals surface area contributed by atoms with E-state index in [1.54, 1.807) is 12.1 Å². The van der Waals surface area contributed by atoms with Crippen molar-refractivity contribution in [3.05, 3.63) is 95.0 Å². The Kier molecular flexibility index (Phi) is 3.31. The fraction of sp³-hybridized carbons (Fsp3) is 0.0500. The van der Waals surface area contributed by atoms with E-state index in [4.69, 9.17) is 4.99 Å². The third kappa shape index (κ3) is 2.57. The summed E-state index contributed by atoms with van der Waals surface area (Å²) in [7, 11) is 0. The number of phenolic OH excluding ortho intramolecular Hbond substituents is 1. The van der Waals surface area contributed by atoms with Crippen molar-refractivity contribution in [2.24, 2.45) is 4.99 Å². The molecule has 0 spiro atoms. The molecule has 0 saturated carbocycles. The summed E-state index contributed by atoms with van der Waals surface area (Å²) in [4.78, 5) is 7.08. The van der Waals surface area contributed by atoms with Crippen LogP contribution in [0.3, 0.4) is 0 Å². The van der Waals surface area contributed by atoms with Gasteiger partial charge in [0.1, 0.15) is 5.75 Å². The van der Waals surface area contributed by atoms with Gasteiger partial charge in [-0.05, 0) is 35.9 Å². The molecule has 1 aliphatic heterocycles. The molecule has 0 radical (unpaired) electrons. The number of hydrogen-bond acceptors (Lipinski definition) is 3. The molecule has 3 aromatic carbocycles. The second kappa shape index (κ2) is 5.61. The lowest BCUT2D eigenvalue weighted by Crippen LogP contribution is -2.37. The van der Waals surface area contributed by atoms with Gasteiger partial charge in [0.05, 0.1) is 5.36 Å². The van der Waals surface area contributed by atoms with Crippen LogP contribution in [0.25, 0.3) is 6.20 Å². The van der Waals surface area contributed by atoms with Crippen molar-refractivity contribution in [2.45, 2.75) is 6.17 Å². The molecule has 3 nitrogen and oxygen atoms in total. The van der Waals surface area contributed by atoms with E-state index < -0.39 is 0 Å². The standard InChI is InChI=1S/C20H16N2O/c23-18-12-10-15(11-13-18)20-21-19-9-5-4-6-16(19)14-22(20)17-7-2-1-3-8-17/h1-14,20,23H. The fourth-order valence-electron chi connectivity index (χ4n) is 2.83. The van der Waals surface area contributed by atoms with Gasteiger partial charge in [-0.2, -0.15) is 0 Å². The summed E-state index contributed by atoms with van der Waals surface area (Å²) in [5.74, 6) is 0.264. The Labute approximate surface area is 134 Å². The highest BCUT2D eigenvalue weighted by Gasteiger charge is 2.20. The lowest BCUT2D eigenvalue weighted by molar-refractivity contribution is 0.475. The minimum Gasteiger partial charge on any atom is -0.508 e. The molecule has 1 N–H and O–H groups in total. The van der Waals surface area contributed by atoms with Crippen LogP contribution in [0.1, 0.15) is 11.7 Å². The normalized spacial score (nSPS) is 16.2. The summed E-state index contributed by atoms with van der Waals surface area (Å²) in [6.45, 7) is 0. The number of hydrogen-bond donors (Lipinski definition) is 1. The first-order valence-electron chi connectivity index (χ1n) is 7.58. The average Bonchev–Trinajstić information content (AvgIpc) is 2.62. The van der Waals surface area contributed by atoms with Crippen LogP contribution in [0.2, 0.25) is 0 Å². The van der Waals surface area contributed by atoms with Crippen molar-refractivity contribution in [3.63, 3.8) is 0 Å². The number of fused-ring (bicyclic) bond motifs is 1. The van der Waals surface area contributed by atoms with Gasteiger partial charge < -0.3 is 10.0 Å². The van der Waals surface area contributed by atoms with E-state index >= 15 is 0 Å². The monoisotopic (exact) mass is 300 g/mol. The van der Waals surface area contributed by atoms with Gasteiger partial charge in [-0.1, -0.05) is 48.5 Å². The van der Waals surface area contributed by atoms with E-state index in [0.29, 0.717) is 0 Å². The Balaban J connectivity index is 1.90. The Morgan fingerprint density at radius 2 is 1.48 bits per heavy atom. The van der Waals surface area contributed by atoms with E-state index in [-0.39, 0.29) is 11.9 Å². The van der Waals surface area contributed by atoms with Crippen molar-refractivity contribution >= 4 is 11.9 Å². The van der Waals surface area contributed by atoms with Gasteiger partial charge in [0.2, 0.25) is 0 Å². The van der Waals surface area contributed by atoms with Crippen molar-refractivity contribution < 1.29 is 5.11 Å². The largest absolute Gasteiger partial charge is 0.508 e. The zero-order chi connectivity index (χ0) is 15.6. The molecular weight excluding hydrogens is 284 g/mol. The lowest BCUT2D eigenvalue weighted by Gasteiger charge is -2.30. The average molecular weight is 300 g/mol. The molecule has 0 amide bonds. The molecule has 1 aliphatic rings. The van der Waals surface area contributed by atoms with Gasteiger partial charge >= 0.3 is 0 Å². The molecule has 4 rings (SSSR count). The Morgan fingerprint density at radius 3 is 2.26 bits per heavy atom. The van der Waals surface area contributed by atoms with Crippen molar-refractivity contribution in [2.75, 3.05) is 4.90 Å². The van der Waals surface area contributed by atoms with Gasteiger partial charge in [0.15, 0.2) is 6.17 Å². The van der Waals surface area contributed by atoms with E-state index in [2.05, 4.69) is 29.3 Å². The molecule has 0 aromatic heterocycles. The molecule has 0 fully saturated rings. The van der Waals surface area contributed by atoms with Crippen LogP contribution in [0, 0.1) is 0 Å². The van der Waals surface area contributed by atoms with Crippen LogP contribution in [0.4, 0.5) is 5.69 Å². The summed E-state index contributed by atoms with van der Waals surface area (Å²) >= 11 is 0. The summed E-state index contributed by atoms with van der Waals surface area (Å²) in [5.41, 5.74) is 2.13. The molecule has 3 heteroatoms. The second-order valence-electron chi connectivity index (χ2n) is 5.53. The maximum absolute atomic E-state index is 9.54. The Morgan fingerprint density at radius 1 is 0.783 bits per heavy atom. The maximum atomic E-state index is 9.54. The molecule has 1 atom stereocenters. The molecule has 1 heterocycles. The van der Waals surface area contributed by atoms with E-state index in [1.807, 2.05) is 48.5 Å². The van der Waals surface area contributed by atoms with Gasteiger partial charge in [0, 0.05) is 17.1 Å². The maximum Gasteiger partial charge on any atom is 0.151 e. The number of benzene rings is 3. The minimum absolute atomic E-state index is 0.145. The Bertz CT molecular complexity index is 933. The van der Waals surface area contributed by atoms with E-state index in [0.717, 1.165) is 21.8 Å². The summed E-state index contributed by atoms with van der Waals surface area (Å²) in [6, 6.07) is 25.6. The van der Waals surface area contributed by atoms with E-state index in [9.17, 15) is 5.11 Å². The van der Waals surface area contributed by atoms with Gasteiger partial charge in [-0.3, -0.25) is 4.99 Å². The first kappa shape index (κ1) is 13.6. The van der Waals surface area contributed by atoms with Crippen LogP contribution in [0.5, 0.6) is 5.75 Å². The SMILES string of the molecule is Oc1ccc(C2N=c3ccccc3=CN2c2ccccc2)cc1. The summed E-state index contributed by atoms with van der Waals surface area (Å²) in [5, 5.41) is 11.6. The third-order valence-electron chi connectivity index (χ3n) is 3.99. The molecule has 3 aromatic rings. The summed E-state index contributed by atoms with van der Waals surface area (Å²) in [6.07, 6.45) is 1.99. The molecule has 112 valence electrons. The Hall–Kier alpha value is -3.07. The van der Waals surface area contributed by atoms with Crippen molar-refractivity contribution in [1.29, 1.82) is 0 Å². The number of aromatic hydroxyl groups is 1.